The summed E-state index contributed by atoms with van der Waals surface area (Å²) >= 11 is 0. The molecule has 100 valence electrons. The fourth-order valence-corrected chi connectivity index (χ4v) is 1.68. The van der Waals surface area contributed by atoms with Gasteiger partial charge in [-0.2, -0.15) is 10.2 Å². The Morgan fingerprint density at radius 2 is 2.21 bits per heavy atom. The monoisotopic (exact) mass is 262 g/mol. The SMILES string of the molecule is CCOC(=O)c1cnn(C)c1Cn1ncccc1=O. The van der Waals surface area contributed by atoms with Gasteiger partial charge in [0.05, 0.1) is 25.0 Å². The maximum atomic E-state index is 11.8. The number of aromatic nitrogens is 4. The van der Waals surface area contributed by atoms with Gasteiger partial charge in [0.25, 0.3) is 5.56 Å². The first-order chi connectivity index (χ1) is 9.13. The summed E-state index contributed by atoms with van der Waals surface area (Å²) in [4.78, 5) is 23.4. The van der Waals surface area contributed by atoms with E-state index in [1.165, 1.54) is 27.8 Å². The largest absolute Gasteiger partial charge is 0.462 e. The van der Waals surface area contributed by atoms with Crippen molar-refractivity contribution in [1.29, 1.82) is 0 Å². The Labute approximate surface area is 109 Å². The van der Waals surface area contributed by atoms with Crippen molar-refractivity contribution in [1.82, 2.24) is 19.6 Å². The molecule has 2 rings (SSSR count). The van der Waals surface area contributed by atoms with Crippen LogP contribution in [0.15, 0.2) is 29.3 Å². The van der Waals surface area contributed by atoms with Crippen LogP contribution in [0.4, 0.5) is 0 Å². The van der Waals surface area contributed by atoms with Crippen LogP contribution in [0, 0.1) is 0 Å². The summed E-state index contributed by atoms with van der Waals surface area (Å²) in [7, 11) is 1.70. The molecule has 0 atom stereocenters. The number of esters is 1. The molecule has 7 heteroatoms. The smallest absolute Gasteiger partial charge is 0.341 e. The normalized spacial score (nSPS) is 10.4. The highest BCUT2D eigenvalue weighted by Gasteiger charge is 2.17. The zero-order chi connectivity index (χ0) is 13.8. The third-order valence-electron chi connectivity index (χ3n) is 2.64. The highest BCUT2D eigenvalue weighted by molar-refractivity contribution is 5.90. The Bertz CT molecular complexity index is 644. The second-order valence-corrected chi connectivity index (χ2v) is 3.87. The van der Waals surface area contributed by atoms with E-state index in [1.54, 1.807) is 20.0 Å². The van der Waals surface area contributed by atoms with Gasteiger partial charge in [-0.25, -0.2) is 9.48 Å². The molecule has 0 aliphatic carbocycles. The minimum absolute atomic E-state index is 0.171. The van der Waals surface area contributed by atoms with Crippen molar-refractivity contribution in [3.63, 3.8) is 0 Å². The van der Waals surface area contributed by atoms with Gasteiger partial charge in [0.15, 0.2) is 0 Å². The molecule has 0 unspecified atom stereocenters. The number of ether oxygens (including phenoxy) is 1. The highest BCUT2D eigenvalue weighted by atomic mass is 16.5. The number of hydrogen-bond acceptors (Lipinski definition) is 5. The van der Waals surface area contributed by atoms with Gasteiger partial charge in [-0.3, -0.25) is 9.48 Å². The quantitative estimate of drug-likeness (QED) is 0.735. The van der Waals surface area contributed by atoms with Crippen LogP contribution in [0.2, 0.25) is 0 Å². The number of carbonyl (C=O) groups is 1. The van der Waals surface area contributed by atoms with Gasteiger partial charge in [-0.1, -0.05) is 0 Å². The van der Waals surface area contributed by atoms with Crippen LogP contribution in [-0.4, -0.2) is 32.1 Å². The predicted molar refractivity (Wildman–Crippen MR) is 66.8 cm³/mol. The van der Waals surface area contributed by atoms with Gasteiger partial charge >= 0.3 is 5.97 Å². The minimum Gasteiger partial charge on any atom is -0.462 e. The van der Waals surface area contributed by atoms with Crippen molar-refractivity contribution < 1.29 is 9.53 Å². The Kier molecular flexibility index (Phi) is 3.74. The van der Waals surface area contributed by atoms with Gasteiger partial charge < -0.3 is 4.74 Å². The summed E-state index contributed by atoms with van der Waals surface area (Å²) in [5.41, 5.74) is 0.694. The molecule has 0 aliphatic rings. The third-order valence-corrected chi connectivity index (χ3v) is 2.64. The molecule has 0 saturated carbocycles. The summed E-state index contributed by atoms with van der Waals surface area (Å²) in [6.07, 6.45) is 2.95. The van der Waals surface area contributed by atoms with Crippen molar-refractivity contribution in [3.8, 4) is 0 Å². The lowest BCUT2D eigenvalue weighted by molar-refractivity contribution is 0.0524. The van der Waals surface area contributed by atoms with E-state index in [1.807, 2.05) is 0 Å². The molecule has 0 saturated heterocycles. The fourth-order valence-electron chi connectivity index (χ4n) is 1.68. The zero-order valence-corrected chi connectivity index (χ0v) is 10.7. The van der Waals surface area contributed by atoms with Gasteiger partial charge in [-0.15, -0.1) is 0 Å². The molecule has 0 aliphatic heterocycles. The second kappa shape index (κ2) is 5.47. The fraction of sp³-hybridized carbons (Fsp3) is 0.333. The zero-order valence-electron chi connectivity index (χ0n) is 10.7. The molecule has 0 spiro atoms. The predicted octanol–water partition coefficient (Wildman–Crippen LogP) is 0.202. The number of aryl methyl sites for hydroxylation is 1. The molecular weight excluding hydrogens is 248 g/mol. The second-order valence-electron chi connectivity index (χ2n) is 3.87. The van der Waals surface area contributed by atoms with E-state index in [-0.39, 0.29) is 18.7 Å². The van der Waals surface area contributed by atoms with Crippen LogP contribution in [0.5, 0.6) is 0 Å². The van der Waals surface area contributed by atoms with E-state index in [2.05, 4.69) is 10.2 Å². The average molecular weight is 262 g/mol. The van der Waals surface area contributed by atoms with Crippen LogP contribution >= 0.6 is 0 Å². The lowest BCUT2D eigenvalue weighted by atomic mass is 10.2. The number of hydrogen-bond donors (Lipinski definition) is 0. The lowest BCUT2D eigenvalue weighted by Crippen LogP contribution is -2.24. The van der Waals surface area contributed by atoms with Crippen molar-refractivity contribution >= 4 is 5.97 Å². The van der Waals surface area contributed by atoms with Crippen molar-refractivity contribution in [3.05, 3.63) is 46.1 Å². The van der Waals surface area contributed by atoms with E-state index >= 15 is 0 Å². The van der Waals surface area contributed by atoms with E-state index in [0.29, 0.717) is 11.3 Å². The molecule has 2 aromatic rings. The number of nitrogens with zero attached hydrogens (tertiary/aromatic N) is 4. The molecule has 0 fully saturated rings. The average Bonchev–Trinajstić information content (AvgIpc) is 2.74. The van der Waals surface area contributed by atoms with Crippen LogP contribution in [0.25, 0.3) is 0 Å². The van der Waals surface area contributed by atoms with Gasteiger partial charge in [0, 0.05) is 19.3 Å². The Balaban J connectivity index is 2.35. The minimum atomic E-state index is -0.449. The van der Waals surface area contributed by atoms with E-state index in [0.717, 1.165) is 0 Å². The molecule has 0 bridgehead atoms. The van der Waals surface area contributed by atoms with Crippen molar-refractivity contribution in [2.45, 2.75) is 13.5 Å². The maximum Gasteiger partial charge on any atom is 0.341 e. The number of rotatable bonds is 4. The molecule has 2 heterocycles. The summed E-state index contributed by atoms with van der Waals surface area (Å²) in [5, 5.41) is 7.97. The van der Waals surface area contributed by atoms with E-state index in [9.17, 15) is 9.59 Å². The molecule has 0 amide bonds. The number of carbonyl (C=O) groups excluding carboxylic acids is 1. The molecule has 7 nitrogen and oxygen atoms in total. The summed E-state index contributed by atoms with van der Waals surface area (Å²) in [6.45, 7) is 2.19. The maximum absolute atomic E-state index is 11.8. The first-order valence-corrected chi connectivity index (χ1v) is 5.83. The van der Waals surface area contributed by atoms with Crippen LogP contribution in [0.1, 0.15) is 23.0 Å². The standard InChI is InChI=1S/C12H14N4O3/c1-3-19-12(18)9-7-14-15(2)10(9)8-16-11(17)5-4-6-13-16/h4-7H,3,8H2,1-2H3. The summed E-state index contributed by atoms with van der Waals surface area (Å²) in [5.74, 6) is -0.449. The van der Waals surface area contributed by atoms with Crippen molar-refractivity contribution in [2.24, 2.45) is 7.05 Å². The molecule has 2 aromatic heterocycles. The first-order valence-electron chi connectivity index (χ1n) is 5.83. The van der Waals surface area contributed by atoms with E-state index in [4.69, 9.17) is 4.74 Å². The van der Waals surface area contributed by atoms with Crippen LogP contribution < -0.4 is 5.56 Å². The van der Waals surface area contributed by atoms with Gasteiger partial charge in [-0.05, 0) is 13.0 Å². The third kappa shape index (κ3) is 2.70. The molecule has 19 heavy (non-hydrogen) atoms. The first kappa shape index (κ1) is 13.0. The van der Waals surface area contributed by atoms with Gasteiger partial charge in [0.2, 0.25) is 0 Å². The molecule has 0 N–H and O–H groups in total. The Morgan fingerprint density at radius 1 is 1.42 bits per heavy atom. The lowest BCUT2D eigenvalue weighted by Gasteiger charge is -2.07. The Morgan fingerprint density at radius 3 is 2.89 bits per heavy atom. The van der Waals surface area contributed by atoms with Gasteiger partial charge in [0.1, 0.15) is 5.56 Å². The van der Waals surface area contributed by atoms with Crippen molar-refractivity contribution in [2.75, 3.05) is 6.61 Å². The summed E-state index contributed by atoms with van der Waals surface area (Å²) in [6, 6.07) is 2.97. The molecule has 0 aromatic carbocycles. The molecular formula is C12H14N4O3. The topological polar surface area (TPSA) is 79.0 Å². The van der Waals surface area contributed by atoms with Crippen LogP contribution in [-0.2, 0) is 18.3 Å². The van der Waals surface area contributed by atoms with E-state index < -0.39 is 5.97 Å². The van der Waals surface area contributed by atoms with Crippen LogP contribution in [0.3, 0.4) is 0 Å². The highest BCUT2D eigenvalue weighted by Crippen LogP contribution is 2.10. The molecule has 0 radical (unpaired) electrons. The Hall–Kier alpha value is -2.44. The summed E-state index contributed by atoms with van der Waals surface area (Å²) < 4.78 is 7.75.